The maximum atomic E-state index is 5.40. The van der Waals surface area contributed by atoms with Crippen molar-refractivity contribution in [3.05, 3.63) is 22.8 Å². The van der Waals surface area contributed by atoms with E-state index in [9.17, 15) is 0 Å². The summed E-state index contributed by atoms with van der Waals surface area (Å²) in [5.41, 5.74) is 1.03. The number of aryl methyl sites for hydroxylation is 2. The van der Waals surface area contributed by atoms with Gasteiger partial charge in [-0.3, -0.25) is 0 Å². The standard InChI is InChI=1S/C8H8OS/c1-5-3-8-7(9-5)4-6(2)10-8/h3-4H,1-2H3. The summed E-state index contributed by atoms with van der Waals surface area (Å²) in [6.07, 6.45) is 0. The molecule has 0 spiro atoms. The van der Waals surface area contributed by atoms with E-state index < -0.39 is 0 Å². The summed E-state index contributed by atoms with van der Waals surface area (Å²) >= 11 is 1.78. The summed E-state index contributed by atoms with van der Waals surface area (Å²) in [6, 6.07) is 4.15. The van der Waals surface area contributed by atoms with Crippen molar-refractivity contribution in [3.63, 3.8) is 0 Å². The molecule has 2 heteroatoms. The van der Waals surface area contributed by atoms with Crippen LogP contribution in [-0.4, -0.2) is 0 Å². The van der Waals surface area contributed by atoms with Crippen LogP contribution in [0.2, 0.25) is 0 Å². The van der Waals surface area contributed by atoms with E-state index >= 15 is 0 Å². The fourth-order valence-corrected chi connectivity index (χ4v) is 2.02. The minimum absolute atomic E-state index is 1.00. The minimum atomic E-state index is 1.00. The lowest BCUT2D eigenvalue weighted by atomic mass is 10.4. The third-order valence-corrected chi connectivity index (χ3v) is 2.43. The number of furan rings is 1. The first-order valence-corrected chi connectivity index (χ1v) is 4.04. The van der Waals surface area contributed by atoms with Crippen LogP contribution >= 0.6 is 11.3 Å². The molecule has 0 aliphatic carbocycles. The summed E-state index contributed by atoms with van der Waals surface area (Å²) in [5, 5.41) is 0. The molecule has 2 aromatic rings. The molecule has 52 valence electrons. The highest BCUT2D eigenvalue weighted by Gasteiger charge is 2.01. The predicted molar refractivity (Wildman–Crippen MR) is 43.6 cm³/mol. The van der Waals surface area contributed by atoms with Gasteiger partial charge >= 0.3 is 0 Å². The van der Waals surface area contributed by atoms with Crippen LogP contribution in [-0.2, 0) is 0 Å². The molecule has 2 heterocycles. The molecule has 2 rings (SSSR count). The van der Waals surface area contributed by atoms with Gasteiger partial charge in [0.25, 0.3) is 0 Å². The largest absolute Gasteiger partial charge is 0.460 e. The van der Waals surface area contributed by atoms with Crippen LogP contribution < -0.4 is 0 Å². The molecule has 0 saturated heterocycles. The normalized spacial score (nSPS) is 11.0. The third-order valence-electron chi connectivity index (χ3n) is 1.45. The Balaban J connectivity index is 2.83. The second-order valence-electron chi connectivity index (χ2n) is 2.44. The molecule has 1 nitrogen and oxygen atoms in total. The van der Waals surface area contributed by atoms with Crippen LogP contribution in [0.4, 0.5) is 0 Å². The van der Waals surface area contributed by atoms with Gasteiger partial charge in [0.2, 0.25) is 0 Å². The average molecular weight is 152 g/mol. The molecule has 0 N–H and O–H groups in total. The topological polar surface area (TPSA) is 13.1 Å². The Morgan fingerprint density at radius 2 is 2.10 bits per heavy atom. The number of fused-ring (bicyclic) bond motifs is 1. The van der Waals surface area contributed by atoms with Crippen molar-refractivity contribution >= 4 is 21.6 Å². The molecule has 0 aliphatic rings. The number of hydrogen-bond donors (Lipinski definition) is 0. The molecule has 0 radical (unpaired) electrons. The van der Waals surface area contributed by atoms with Crippen molar-refractivity contribution in [2.75, 3.05) is 0 Å². The van der Waals surface area contributed by atoms with E-state index in [4.69, 9.17) is 4.42 Å². The van der Waals surface area contributed by atoms with Crippen molar-refractivity contribution in [1.29, 1.82) is 0 Å². The Hall–Kier alpha value is -0.760. The fourth-order valence-electron chi connectivity index (χ4n) is 1.08. The van der Waals surface area contributed by atoms with E-state index in [-0.39, 0.29) is 0 Å². The Bertz CT molecular complexity index is 293. The molecule has 0 aromatic carbocycles. The van der Waals surface area contributed by atoms with Crippen molar-refractivity contribution in [1.82, 2.24) is 0 Å². The Morgan fingerprint density at radius 1 is 1.30 bits per heavy atom. The predicted octanol–water partition coefficient (Wildman–Crippen LogP) is 3.11. The molecule has 0 fully saturated rings. The van der Waals surface area contributed by atoms with E-state index in [2.05, 4.69) is 19.1 Å². The first kappa shape index (κ1) is 5.98. The van der Waals surface area contributed by atoms with Crippen LogP contribution in [0.5, 0.6) is 0 Å². The molecular weight excluding hydrogens is 144 g/mol. The van der Waals surface area contributed by atoms with E-state index in [1.807, 2.05) is 6.92 Å². The van der Waals surface area contributed by atoms with Gasteiger partial charge in [-0.05, 0) is 26.0 Å². The van der Waals surface area contributed by atoms with Gasteiger partial charge in [0, 0.05) is 4.88 Å². The Labute approximate surface area is 63.3 Å². The summed E-state index contributed by atoms with van der Waals surface area (Å²) in [4.78, 5) is 1.31. The van der Waals surface area contributed by atoms with Crippen LogP contribution in [0.3, 0.4) is 0 Å². The van der Waals surface area contributed by atoms with Gasteiger partial charge in [-0.25, -0.2) is 0 Å². The van der Waals surface area contributed by atoms with Crippen LogP contribution in [0.25, 0.3) is 10.3 Å². The molecule has 10 heavy (non-hydrogen) atoms. The quantitative estimate of drug-likeness (QED) is 0.565. The fraction of sp³-hybridized carbons (Fsp3) is 0.250. The van der Waals surface area contributed by atoms with Gasteiger partial charge in [-0.1, -0.05) is 0 Å². The highest BCUT2D eigenvalue weighted by molar-refractivity contribution is 7.18. The van der Waals surface area contributed by atoms with Crippen molar-refractivity contribution in [2.45, 2.75) is 13.8 Å². The van der Waals surface area contributed by atoms with Gasteiger partial charge in [-0.15, -0.1) is 11.3 Å². The van der Waals surface area contributed by atoms with Gasteiger partial charge in [0.1, 0.15) is 11.3 Å². The monoisotopic (exact) mass is 152 g/mol. The lowest BCUT2D eigenvalue weighted by Gasteiger charge is -1.76. The first-order chi connectivity index (χ1) is 4.75. The lowest BCUT2D eigenvalue weighted by Crippen LogP contribution is -1.54. The lowest BCUT2D eigenvalue weighted by molar-refractivity contribution is 0.579. The van der Waals surface area contributed by atoms with Crippen LogP contribution in [0, 0.1) is 13.8 Å². The molecule has 0 unspecified atom stereocenters. The Kier molecular flexibility index (Phi) is 1.11. The Morgan fingerprint density at radius 3 is 2.80 bits per heavy atom. The maximum Gasteiger partial charge on any atom is 0.145 e. The highest BCUT2D eigenvalue weighted by Crippen LogP contribution is 2.27. The zero-order valence-corrected chi connectivity index (χ0v) is 6.79. The number of thiophene rings is 1. The summed E-state index contributed by atoms with van der Waals surface area (Å²) in [7, 11) is 0. The zero-order valence-electron chi connectivity index (χ0n) is 5.97. The van der Waals surface area contributed by atoms with E-state index in [1.54, 1.807) is 11.3 Å². The van der Waals surface area contributed by atoms with Gasteiger partial charge in [0.15, 0.2) is 0 Å². The second kappa shape index (κ2) is 1.86. The number of rotatable bonds is 0. The van der Waals surface area contributed by atoms with Gasteiger partial charge < -0.3 is 4.42 Å². The van der Waals surface area contributed by atoms with Gasteiger partial charge in [-0.2, -0.15) is 0 Å². The van der Waals surface area contributed by atoms with Crippen molar-refractivity contribution in [2.24, 2.45) is 0 Å². The molecule has 0 aliphatic heterocycles. The van der Waals surface area contributed by atoms with Crippen LogP contribution in [0.1, 0.15) is 10.6 Å². The van der Waals surface area contributed by atoms with E-state index in [0.29, 0.717) is 0 Å². The number of hydrogen-bond acceptors (Lipinski definition) is 2. The summed E-state index contributed by atoms with van der Waals surface area (Å²) < 4.78 is 6.66. The van der Waals surface area contributed by atoms with E-state index in [0.717, 1.165) is 11.3 Å². The van der Waals surface area contributed by atoms with E-state index in [1.165, 1.54) is 9.58 Å². The van der Waals surface area contributed by atoms with Crippen molar-refractivity contribution < 1.29 is 4.42 Å². The summed E-state index contributed by atoms with van der Waals surface area (Å²) in [6.45, 7) is 4.07. The maximum absolute atomic E-state index is 5.40. The molecule has 0 amide bonds. The minimum Gasteiger partial charge on any atom is -0.460 e. The highest BCUT2D eigenvalue weighted by atomic mass is 32.1. The molecule has 0 atom stereocenters. The van der Waals surface area contributed by atoms with Gasteiger partial charge in [0.05, 0.1) is 4.70 Å². The molecule has 0 bridgehead atoms. The first-order valence-electron chi connectivity index (χ1n) is 3.22. The molecule has 2 aromatic heterocycles. The average Bonchev–Trinajstić information content (AvgIpc) is 2.21. The summed E-state index contributed by atoms with van der Waals surface area (Å²) in [5.74, 6) is 1.00. The van der Waals surface area contributed by atoms with Crippen molar-refractivity contribution in [3.8, 4) is 0 Å². The third kappa shape index (κ3) is 0.762. The SMILES string of the molecule is Cc1cc2sc(C)cc2o1. The molecule has 0 saturated carbocycles. The van der Waals surface area contributed by atoms with Crippen LogP contribution in [0.15, 0.2) is 16.5 Å². The molecular formula is C8H8OS. The zero-order chi connectivity index (χ0) is 7.14. The second-order valence-corrected chi connectivity index (χ2v) is 3.73. The smallest absolute Gasteiger partial charge is 0.145 e.